The number of nitrogens with one attached hydrogen (secondary N) is 1. The molecule has 140 valence electrons. The average molecular weight is 387 g/mol. The molecule has 2 aromatic carbocycles. The van der Waals surface area contributed by atoms with E-state index < -0.39 is 27.5 Å². The summed E-state index contributed by atoms with van der Waals surface area (Å²) in [6.07, 6.45) is 0.314. The normalized spacial score (nSPS) is 12.7. The van der Waals surface area contributed by atoms with Crippen LogP contribution in [-0.2, 0) is 14.8 Å². The standard InChI is InChI=1S/C17H17N5O4S/c1-2-15(22-17(24)13-5-3-4-6-14(13)20-21-22)16(23)19-11-7-9-12(10-8-11)27(18,25)26/h3-10,15H,2H2,1H3,(H,19,23)(H2,18,25,26). The molecule has 0 saturated carbocycles. The van der Waals surface area contributed by atoms with Gasteiger partial charge in [-0.15, -0.1) is 5.10 Å². The number of carbonyl (C=O) groups is 1. The number of hydrogen-bond donors (Lipinski definition) is 2. The zero-order valence-electron chi connectivity index (χ0n) is 14.4. The molecule has 0 bridgehead atoms. The number of benzene rings is 2. The maximum absolute atomic E-state index is 12.6. The Labute approximate surface area is 154 Å². The molecule has 0 radical (unpaired) electrons. The minimum Gasteiger partial charge on any atom is -0.324 e. The number of hydrogen-bond acceptors (Lipinski definition) is 6. The van der Waals surface area contributed by atoms with E-state index in [2.05, 4.69) is 15.6 Å². The smallest absolute Gasteiger partial charge is 0.278 e. The molecule has 3 rings (SSSR count). The molecule has 0 saturated heterocycles. The summed E-state index contributed by atoms with van der Waals surface area (Å²) < 4.78 is 23.6. The SMILES string of the molecule is CCC(C(=O)Nc1ccc(S(N)(=O)=O)cc1)n1nnc2ccccc2c1=O. The number of primary sulfonamides is 1. The number of aromatic nitrogens is 3. The van der Waals surface area contributed by atoms with Crippen molar-refractivity contribution in [2.45, 2.75) is 24.3 Å². The second-order valence-corrected chi connectivity index (χ2v) is 7.40. The first-order valence-corrected chi connectivity index (χ1v) is 9.64. The molecule has 0 aliphatic heterocycles. The van der Waals surface area contributed by atoms with E-state index >= 15 is 0 Å². The Morgan fingerprint density at radius 1 is 1.19 bits per heavy atom. The third-order valence-corrected chi connectivity index (χ3v) is 4.96. The van der Waals surface area contributed by atoms with Gasteiger partial charge in [-0.3, -0.25) is 9.59 Å². The first-order chi connectivity index (χ1) is 12.8. The summed E-state index contributed by atoms with van der Waals surface area (Å²) in [5.41, 5.74) is 0.410. The van der Waals surface area contributed by atoms with Crippen LogP contribution in [0.5, 0.6) is 0 Å². The van der Waals surface area contributed by atoms with Crippen LogP contribution in [0.15, 0.2) is 58.2 Å². The van der Waals surface area contributed by atoms with E-state index in [0.717, 1.165) is 4.68 Å². The van der Waals surface area contributed by atoms with Crippen molar-refractivity contribution in [3.8, 4) is 0 Å². The van der Waals surface area contributed by atoms with Gasteiger partial charge in [-0.05, 0) is 42.8 Å². The first-order valence-electron chi connectivity index (χ1n) is 8.09. The molecule has 1 unspecified atom stereocenters. The molecule has 0 spiro atoms. The molecule has 1 amide bonds. The lowest BCUT2D eigenvalue weighted by atomic mass is 10.2. The molecule has 27 heavy (non-hydrogen) atoms. The molecule has 0 fully saturated rings. The van der Waals surface area contributed by atoms with Crippen molar-refractivity contribution >= 4 is 32.5 Å². The number of nitrogens with zero attached hydrogens (tertiary/aromatic N) is 3. The Morgan fingerprint density at radius 3 is 2.48 bits per heavy atom. The Balaban J connectivity index is 1.89. The van der Waals surface area contributed by atoms with Crippen LogP contribution < -0.4 is 16.0 Å². The predicted octanol–water partition coefficient (Wildman–Crippen LogP) is 1.03. The number of carbonyl (C=O) groups excluding carboxylic acids is 1. The summed E-state index contributed by atoms with van der Waals surface area (Å²) >= 11 is 0. The molecular weight excluding hydrogens is 370 g/mol. The third kappa shape index (κ3) is 3.86. The van der Waals surface area contributed by atoms with Gasteiger partial charge in [0, 0.05) is 5.69 Å². The minimum absolute atomic E-state index is 0.0656. The number of fused-ring (bicyclic) bond motifs is 1. The van der Waals surface area contributed by atoms with E-state index in [0.29, 0.717) is 23.0 Å². The number of anilines is 1. The van der Waals surface area contributed by atoms with Crippen LogP contribution in [0.2, 0.25) is 0 Å². The molecule has 9 nitrogen and oxygen atoms in total. The zero-order valence-corrected chi connectivity index (χ0v) is 15.2. The number of sulfonamides is 1. The summed E-state index contributed by atoms with van der Waals surface area (Å²) in [4.78, 5) is 25.2. The highest BCUT2D eigenvalue weighted by Gasteiger charge is 2.22. The van der Waals surface area contributed by atoms with Crippen LogP contribution in [0.4, 0.5) is 5.69 Å². The van der Waals surface area contributed by atoms with Crippen molar-refractivity contribution in [2.75, 3.05) is 5.32 Å². The molecular formula is C17H17N5O4S. The Hall–Kier alpha value is -3.11. The molecule has 0 aliphatic carbocycles. The maximum atomic E-state index is 12.6. The van der Waals surface area contributed by atoms with E-state index in [9.17, 15) is 18.0 Å². The summed E-state index contributed by atoms with van der Waals surface area (Å²) in [5, 5.41) is 15.9. The van der Waals surface area contributed by atoms with Crippen molar-refractivity contribution in [1.82, 2.24) is 15.0 Å². The Morgan fingerprint density at radius 2 is 1.85 bits per heavy atom. The van der Waals surface area contributed by atoms with Crippen LogP contribution in [0.1, 0.15) is 19.4 Å². The second-order valence-electron chi connectivity index (χ2n) is 5.84. The molecule has 10 heteroatoms. The average Bonchev–Trinajstić information content (AvgIpc) is 2.64. The summed E-state index contributed by atoms with van der Waals surface area (Å²) in [6.45, 7) is 1.75. The Bertz CT molecular complexity index is 1160. The molecule has 0 aliphatic rings. The highest BCUT2D eigenvalue weighted by atomic mass is 32.2. The summed E-state index contributed by atoms with van der Waals surface area (Å²) in [7, 11) is -3.81. The number of amides is 1. The summed E-state index contributed by atoms with van der Waals surface area (Å²) in [6, 6.07) is 11.3. The van der Waals surface area contributed by atoms with Gasteiger partial charge in [0.2, 0.25) is 15.9 Å². The van der Waals surface area contributed by atoms with E-state index in [-0.39, 0.29) is 4.90 Å². The van der Waals surface area contributed by atoms with Gasteiger partial charge in [-0.1, -0.05) is 24.3 Å². The highest BCUT2D eigenvalue weighted by Crippen LogP contribution is 2.16. The van der Waals surface area contributed by atoms with Gasteiger partial charge >= 0.3 is 0 Å². The van der Waals surface area contributed by atoms with Gasteiger partial charge in [0.05, 0.1) is 10.3 Å². The molecule has 1 heterocycles. The van der Waals surface area contributed by atoms with Gasteiger partial charge in [-0.25, -0.2) is 13.6 Å². The predicted molar refractivity (Wildman–Crippen MR) is 99.6 cm³/mol. The maximum Gasteiger partial charge on any atom is 0.278 e. The van der Waals surface area contributed by atoms with E-state index in [4.69, 9.17) is 5.14 Å². The molecule has 3 N–H and O–H groups in total. The topological polar surface area (TPSA) is 137 Å². The van der Waals surface area contributed by atoms with E-state index in [1.54, 1.807) is 31.2 Å². The zero-order chi connectivity index (χ0) is 19.6. The van der Waals surface area contributed by atoms with E-state index in [1.807, 2.05) is 0 Å². The van der Waals surface area contributed by atoms with Crippen molar-refractivity contribution in [1.29, 1.82) is 0 Å². The fraction of sp³-hybridized carbons (Fsp3) is 0.176. The van der Waals surface area contributed by atoms with Gasteiger partial charge < -0.3 is 5.32 Å². The van der Waals surface area contributed by atoms with Crippen LogP contribution in [0, 0.1) is 0 Å². The monoisotopic (exact) mass is 387 g/mol. The van der Waals surface area contributed by atoms with Gasteiger partial charge in [0.1, 0.15) is 11.6 Å². The lowest BCUT2D eigenvalue weighted by Crippen LogP contribution is -2.35. The highest BCUT2D eigenvalue weighted by molar-refractivity contribution is 7.89. The summed E-state index contributed by atoms with van der Waals surface area (Å²) in [5.74, 6) is -0.465. The molecule has 1 atom stereocenters. The largest absolute Gasteiger partial charge is 0.324 e. The van der Waals surface area contributed by atoms with Crippen molar-refractivity contribution < 1.29 is 13.2 Å². The third-order valence-electron chi connectivity index (χ3n) is 4.03. The quantitative estimate of drug-likeness (QED) is 0.671. The van der Waals surface area contributed by atoms with E-state index in [1.165, 1.54) is 24.3 Å². The van der Waals surface area contributed by atoms with Crippen LogP contribution in [-0.4, -0.2) is 29.3 Å². The van der Waals surface area contributed by atoms with Gasteiger partial charge in [0.25, 0.3) is 5.56 Å². The Kier molecular flexibility index (Phi) is 5.02. The fourth-order valence-electron chi connectivity index (χ4n) is 2.63. The fourth-order valence-corrected chi connectivity index (χ4v) is 3.14. The van der Waals surface area contributed by atoms with Crippen LogP contribution >= 0.6 is 0 Å². The number of rotatable bonds is 5. The molecule has 3 aromatic rings. The van der Waals surface area contributed by atoms with Crippen molar-refractivity contribution in [2.24, 2.45) is 5.14 Å². The minimum atomic E-state index is -3.81. The number of nitrogens with two attached hydrogens (primary N) is 1. The first kappa shape index (κ1) is 18.7. The van der Waals surface area contributed by atoms with Crippen molar-refractivity contribution in [3.05, 3.63) is 58.9 Å². The van der Waals surface area contributed by atoms with Crippen LogP contribution in [0.25, 0.3) is 10.9 Å². The molecule has 1 aromatic heterocycles. The van der Waals surface area contributed by atoms with Crippen LogP contribution in [0.3, 0.4) is 0 Å². The lowest BCUT2D eigenvalue weighted by molar-refractivity contribution is -0.119. The van der Waals surface area contributed by atoms with Gasteiger partial charge in [0.15, 0.2) is 0 Å². The lowest BCUT2D eigenvalue weighted by Gasteiger charge is -2.16. The van der Waals surface area contributed by atoms with Crippen molar-refractivity contribution in [3.63, 3.8) is 0 Å². The van der Waals surface area contributed by atoms with Gasteiger partial charge in [-0.2, -0.15) is 4.68 Å². The second kappa shape index (κ2) is 7.25.